The first kappa shape index (κ1) is 38.3. The molecule has 0 radical (unpaired) electrons. The predicted molar refractivity (Wildman–Crippen MR) is 259 cm³/mol. The lowest BCUT2D eigenvalue weighted by molar-refractivity contribution is 1.07. The van der Waals surface area contributed by atoms with Crippen LogP contribution >= 0.6 is 0 Å². The Bertz CT molecular complexity index is 3680. The topological polar surface area (TPSA) is 96.1 Å². The van der Waals surface area contributed by atoms with Crippen molar-refractivity contribution in [3.8, 4) is 68.8 Å². The quantitative estimate of drug-likeness (QED) is 0.166. The van der Waals surface area contributed by atoms with Crippen molar-refractivity contribution in [1.29, 1.82) is 10.5 Å². The van der Waals surface area contributed by atoms with Crippen LogP contribution in [0.4, 0.5) is 0 Å². The molecule has 0 fully saturated rings. The first-order chi connectivity index (χ1) is 31.2. The van der Waals surface area contributed by atoms with Gasteiger partial charge in [0, 0.05) is 43.8 Å². The second-order valence-corrected chi connectivity index (χ2v) is 16.7. The summed E-state index contributed by atoms with van der Waals surface area (Å²) in [5.74, 6) is 1.45. The molecule has 0 amide bonds. The van der Waals surface area contributed by atoms with Crippen LogP contribution in [-0.4, -0.2) is 24.1 Å². The zero-order chi connectivity index (χ0) is 43.6. The summed E-state index contributed by atoms with van der Waals surface area (Å²) in [5.41, 5.74) is 16.0. The molecule has 0 aliphatic rings. The Kier molecular flexibility index (Phi) is 9.01. The summed E-state index contributed by atoms with van der Waals surface area (Å²) in [6, 6.07) is 60.8. The number of benzene rings is 8. The number of aromatic nitrogens is 5. The molecule has 8 aromatic carbocycles. The van der Waals surface area contributed by atoms with Crippen LogP contribution in [0.15, 0.2) is 164 Å². The number of nitriles is 2. The molecule has 0 saturated heterocycles. The lowest BCUT2D eigenvalue weighted by Gasteiger charge is -2.16. The molecule has 302 valence electrons. The van der Waals surface area contributed by atoms with Gasteiger partial charge in [0.1, 0.15) is 6.07 Å². The Morgan fingerprint density at radius 1 is 0.375 bits per heavy atom. The van der Waals surface area contributed by atoms with Gasteiger partial charge < -0.3 is 9.13 Å². The van der Waals surface area contributed by atoms with Crippen molar-refractivity contribution >= 4 is 43.6 Å². The Balaban J connectivity index is 1.12. The summed E-state index contributed by atoms with van der Waals surface area (Å²) in [6.07, 6.45) is 0. The van der Waals surface area contributed by atoms with Crippen molar-refractivity contribution < 1.29 is 0 Å². The van der Waals surface area contributed by atoms with Gasteiger partial charge in [-0.2, -0.15) is 10.5 Å². The first-order valence-corrected chi connectivity index (χ1v) is 21.3. The molecule has 0 aliphatic carbocycles. The molecule has 7 heteroatoms. The highest BCUT2D eigenvalue weighted by atomic mass is 15.0. The van der Waals surface area contributed by atoms with E-state index in [0.29, 0.717) is 34.2 Å². The number of fused-ring (bicyclic) bond motifs is 6. The largest absolute Gasteiger partial charge is 0.309 e. The summed E-state index contributed by atoms with van der Waals surface area (Å²) in [7, 11) is 0. The standard InChI is InChI=1S/C57H39N7/c1-34-13-19-51-45(25-34)46-26-35(2)14-20-52(46)63(51)49-23-17-41(30-43(49)33-59)56-60-55(39-10-6-5-7-11-39)61-57(62-56)42-18-24-50(44(31-42)40-12-8-9-38(29-40)32-58)64-53-21-15-36(3)27-47(53)48-28-37(4)16-22-54(48)64/h5-31H,1-4H3. The second kappa shape index (κ2) is 15.1. The third-order valence-corrected chi connectivity index (χ3v) is 12.2. The Labute approximate surface area is 370 Å². The molecule has 7 nitrogen and oxygen atoms in total. The molecule has 0 unspecified atom stereocenters. The summed E-state index contributed by atoms with van der Waals surface area (Å²) in [5, 5.41) is 25.5. The van der Waals surface area contributed by atoms with E-state index in [0.717, 1.165) is 66.5 Å². The minimum Gasteiger partial charge on any atom is -0.309 e. The van der Waals surface area contributed by atoms with E-state index in [1.54, 1.807) is 0 Å². The normalized spacial score (nSPS) is 11.4. The van der Waals surface area contributed by atoms with Gasteiger partial charge in [0.05, 0.1) is 50.6 Å². The van der Waals surface area contributed by atoms with Gasteiger partial charge in [-0.1, -0.05) is 89.0 Å². The van der Waals surface area contributed by atoms with Gasteiger partial charge in [-0.15, -0.1) is 0 Å². The van der Waals surface area contributed by atoms with Crippen LogP contribution in [-0.2, 0) is 0 Å². The van der Waals surface area contributed by atoms with Gasteiger partial charge in [-0.25, -0.2) is 15.0 Å². The smallest absolute Gasteiger partial charge is 0.164 e. The van der Waals surface area contributed by atoms with E-state index in [-0.39, 0.29) is 0 Å². The highest BCUT2D eigenvalue weighted by Crippen LogP contribution is 2.40. The van der Waals surface area contributed by atoms with Crippen molar-refractivity contribution in [2.45, 2.75) is 27.7 Å². The number of hydrogen-bond donors (Lipinski definition) is 0. The summed E-state index contributed by atoms with van der Waals surface area (Å²) < 4.78 is 4.50. The fourth-order valence-electron chi connectivity index (χ4n) is 9.19. The molecular formula is C57H39N7. The summed E-state index contributed by atoms with van der Waals surface area (Å²) in [4.78, 5) is 15.3. The highest BCUT2D eigenvalue weighted by Gasteiger charge is 2.21. The van der Waals surface area contributed by atoms with Crippen LogP contribution in [0.1, 0.15) is 33.4 Å². The molecule has 0 spiro atoms. The van der Waals surface area contributed by atoms with E-state index in [4.69, 9.17) is 15.0 Å². The molecule has 64 heavy (non-hydrogen) atoms. The lowest BCUT2D eigenvalue weighted by Crippen LogP contribution is -2.03. The lowest BCUT2D eigenvalue weighted by atomic mass is 9.98. The Morgan fingerprint density at radius 2 is 0.828 bits per heavy atom. The number of nitrogens with zero attached hydrogens (tertiary/aromatic N) is 7. The maximum atomic E-state index is 10.8. The highest BCUT2D eigenvalue weighted by molar-refractivity contribution is 6.11. The van der Waals surface area contributed by atoms with Gasteiger partial charge in [0.25, 0.3) is 0 Å². The van der Waals surface area contributed by atoms with Crippen LogP contribution in [0.25, 0.3) is 100 Å². The van der Waals surface area contributed by atoms with Crippen molar-refractivity contribution in [2.75, 3.05) is 0 Å². The third kappa shape index (κ3) is 6.38. The van der Waals surface area contributed by atoms with Crippen LogP contribution in [0.3, 0.4) is 0 Å². The van der Waals surface area contributed by atoms with E-state index < -0.39 is 0 Å². The van der Waals surface area contributed by atoms with Crippen molar-refractivity contribution in [3.63, 3.8) is 0 Å². The first-order valence-electron chi connectivity index (χ1n) is 21.3. The fraction of sp³-hybridized carbons (Fsp3) is 0.0702. The van der Waals surface area contributed by atoms with Crippen molar-refractivity contribution in [2.24, 2.45) is 0 Å². The molecule has 11 rings (SSSR count). The van der Waals surface area contributed by atoms with Crippen molar-refractivity contribution in [3.05, 3.63) is 197 Å². The average Bonchev–Trinajstić information content (AvgIpc) is 3.81. The van der Waals surface area contributed by atoms with Crippen LogP contribution in [0, 0.1) is 50.4 Å². The van der Waals surface area contributed by atoms with Gasteiger partial charge in [0.2, 0.25) is 0 Å². The van der Waals surface area contributed by atoms with Gasteiger partial charge >= 0.3 is 0 Å². The van der Waals surface area contributed by atoms with E-state index in [9.17, 15) is 10.5 Å². The number of rotatable bonds is 6. The van der Waals surface area contributed by atoms with E-state index in [1.165, 1.54) is 33.0 Å². The predicted octanol–water partition coefficient (Wildman–Crippen LogP) is 13.7. The number of aryl methyl sites for hydroxylation is 4. The summed E-state index contributed by atoms with van der Waals surface area (Å²) >= 11 is 0. The van der Waals surface area contributed by atoms with Gasteiger partial charge in [-0.3, -0.25) is 0 Å². The summed E-state index contributed by atoms with van der Waals surface area (Å²) in [6.45, 7) is 8.47. The van der Waals surface area contributed by atoms with Crippen LogP contribution in [0.5, 0.6) is 0 Å². The minimum atomic E-state index is 0.450. The third-order valence-electron chi connectivity index (χ3n) is 12.2. The second-order valence-electron chi connectivity index (χ2n) is 16.7. The molecule has 3 aromatic heterocycles. The minimum absolute atomic E-state index is 0.450. The van der Waals surface area contributed by atoms with E-state index in [2.05, 4.69) is 140 Å². The molecule has 0 aliphatic heterocycles. The van der Waals surface area contributed by atoms with Gasteiger partial charge in [0.15, 0.2) is 17.5 Å². The molecule has 11 aromatic rings. The SMILES string of the molecule is Cc1ccc2c(c1)c1cc(C)ccc1n2-c1ccc(-c2nc(-c3ccccc3)nc(-c3ccc(-n4c5ccc(C)cc5c5cc(C)ccc54)c(-c4cccc(C#N)c4)c3)n2)cc1C#N. The molecule has 0 N–H and O–H groups in total. The van der Waals surface area contributed by atoms with E-state index >= 15 is 0 Å². The number of hydrogen-bond acceptors (Lipinski definition) is 5. The monoisotopic (exact) mass is 821 g/mol. The average molecular weight is 822 g/mol. The molecule has 0 bridgehead atoms. The molecule has 0 saturated carbocycles. The zero-order valence-electron chi connectivity index (χ0n) is 35.7. The Hall–Kier alpha value is -8.65. The van der Waals surface area contributed by atoms with E-state index in [1.807, 2.05) is 72.8 Å². The molecule has 0 atom stereocenters. The molecule has 3 heterocycles. The fourth-order valence-corrected chi connectivity index (χ4v) is 9.19. The van der Waals surface area contributed by atoms with Crippen molar-refractivity contribution in [1.82, 2.24) is 24.1 Å². The maximum Gasteiger partial charge on any atom is 0.164 e. The Morgan fingerprint density at radius 3 is 1.33 bits per heavy atom. The van der Waals surface area contributed by atoms with Crippen LogP contribution in [0.2, 0.25) is 0 Å². The zero-order valence-corrected chi connectivity index (χ0v) is 35.7. The maximum absolute atomic E-state index is 10.8. The molecular weight excluding hydrogens is 783 g/mol. The van der Waals surface area contributed by atoms with Crippen LogP contribution < -0.4 is 0 Å². The van der Waals surface area contributed by atoms with Gasteiger partial charge in [-0.05, 0) is 130 Å².